The first kappa shape index (κ1) is 61.5. The second-order valence-corrected chi connectivity index (χ2v) is 20.2. The highest BCUT2D eigenvalue weighted by molar-refractivity contribution is 6.30. The average Bonchev–Trinajstić information content (AvgIpc) is 3.91. The number of ether oxygens (including phenoxy) is 5. The summed E-state index contributed by atoms with van der Waals surface area (Å²) in [6, 6.07) is 3.19. The fraction of sp³-hybridized carbons (Fsp3) is 0.532. The van der Waals surface area contributed by atoms with Gasteiger partial charge in [0.05, 0.1) is 29.2 Å². The molecule has 0 aromatic carbocycles. The number of nitrogens with two attached hydrogens (primary N) is 1. The van der Waals surface area contributed by atoms with E-state index in [0.717, 1.165) is 0 Å². The monoisotopic (exact) mass is 1060 g/mol. The molecule has 2 aromatic heterocycles. The van der Waals surface area contributed by atoms with Gasteiger partial charge in [-0.3, -0.25) is 9.59 Å². The highest BCUT2D eigenvalue weighted by Gasteiger charge is 2.56. The van der Waals surface area contributed by atoms with Crippen LogP contribution in [0.1, 0.15) is 75.2 Å². The minimum Gasteiger partial charge on any atom is -0.478 e. The summed E-state index contributed by atoms with van der Waals surface area (Å²) in [5, 5.41) is 27.1. The van der Waals surface area contributed by atoms with E-state index >= 15 is 0 Å². The molecule has 0 radical (unpaired) electrons. The predicted molar refractivity (Wildman–Crippen MR) is 257 cm³/mol. The Morgan fingerprint density at radius 1 is 0.722 bits per heavy atom. The number of amides is 3. The van der Waals surface area contributed by atoms with Crippen LogP contribution in [-0.2, 0) is 47.8 Å². The van der Waals surface area contributed by atoms with Crippen molar-refractivity contribution in [3.05, 3.63) is 72.0 Å². The lowest BCUT2D eigenvalue weighted by atomic mass is 9.85. The van der Waals surface area contributed by atoms with E-state index in [-0.39, 0.29) is 38.6 Å². The average molecular weight is 1060 g/mol. The van der Waals surface area contributed by atoms with E-state index < -0.39 is 100 Å². The van der Waals surface area contributed by atoms with E-state index in [1.165, 1.54) is 34.3 Å². The molecule has 72 heavy (non-hydrogen) atoms. The topological polar surface area (TPSA) is 314 Å². The largest absolute Gasteiger partial charge is 0.478 e. The van der Waals surface area contributed by atoms with E-state index in [2.05, 4.69) is 28.4 Å². The van der Waals surface area contributed by atoms with Crippen molar-refractivity contribution in [1.29, 1.82) is 0 Å². The summed E-state index contributed by atoms with van der Waals surface area (Å²) >= 11 is 11.7. The molecule has 4 heterocycles. The van der Waals surface area contributed by atoms with Crippen LogP contribution < -0.4 is 20.5 Å². The lowest BCUT2D eigenvalue weighted by Gasteiger charge is -2.35. The summed E-state index contributed by atoms with van der Waals surface area (Å²) in [6.45, 7) is 23.8. The van der Waals surface area contributed by atoms with Gasteiger partial charge in [-0.15, -0.1) is 0 Å². The summed E-state index contributed by atoms with van der Waals surface area (Å²) in [5.41, 5.74) is 0.0350. The summed E-state index contributed by atoms with van der Waals surface area (Å²) in [5.74, 6) is -8.80. The number of halogens is 3. The van der Waals surface area contributed by atoms with Crippen molar-refractivity contribution in [2.45, 2.75) is 123 Å². The van der Waals surface area contributed by atoms with Gasteiger partial charge in [0.1, 0.15) is 49.1 Å². The first-order valence-corrected chi connectivity index (χ1v) is 22.8. The van der Waals surface area contributed by atoms with Crippen LogP contribution in [0.4, 0.5) is 9.18 Å². The Hall–Kier alpha value is -6.59. The number of aromatic nitrogens is 2. The van der Waals surface area contributed by atoms with Gasteiger partial charge in [-0.1, -0.05) is 90.1 Å². The van der Waals surface area contributed by atoms with Crippen molar-refractivity contribution in [2.24, 2.45) is 16.6 Å². The Balaban J connectivity index is 0.000000415. The minimum atomic E-state index is -4.25. The van der Waals surface area contributed by atoms with Crippen molar-refractivity contribution in [1.82, 2.24) is 25.1 Å². The van der Waals surface area contributed by atoms with E-state index in [9.17, 15) is 42.7 Å². The molecule has 2 fully saturated rings. The SMILES string of the molecule is C=CCOC(=O)[C@@H]1C[C@@H](Oc2ccc(Cl)cn2)CN1C(=O)[C@@H](N)C(C)(C)C.C=CCOC(=O)[C@@H]1C[C@@H](Oc2ccc(Cl)cn2)CN1C(=O)[C@@H](NC(=O)OC(C)(C)C)C(C)(C)C.O=C(O)C(F)(C(=O)O)C(=O)O. The van der Waals surface area contributed by atoms with Crippen molar-refractivity contribution >= 4 is 71.0 Å². The van der Waals surface area contributed by atoms with Crippen LogP contribution in [0.2, 0.25) is 10.0 Å². The number of nitrogens with zero attached hydrogens (tertiary/aromatic N) is 4. The smallest absolute Gasteiger partial charge is 0.408 e. The van der Waals surface area contributed by atoms with E-state index in [4.69, 9.17) is 67.9 Å². The zero-order valence-electron chi connectivity index (χ0n) is 41.4. The maximum Gasteiger partial charge on any atom is 0.408 e. The van der Waals surface area contributed by atoms with Gasteiger partial charge in [-0.2, -0.15) is 0 Å². The molecule has 3 amide bonds. The minimum absolute atomic E-state index is 0.0144. The van der Waals surface area contributed by atoms with Crippen LogP contribution in [-0.4, -0.2) is 157 Å². The van der Waals surface area contributed by atoms with Crippen LogP contribution in [0.3, 0.4) is 0 Å². The molecule has 2 aliphatic heterocycles. The fourth-order valence-electron chi connectivity index (χ4n) is 6.44. The molecule has 22 nitrogen and oxygen atoms in total. The maximum absolute atomic E-state index is 13.7. The normalized spacial score (nSPS) is 18.5. The fourth-order valence-corrected chi connectivity index (χ4v) is 6.67. The highest BCUT2D eigenvalue weighted by atomic mass is 35.5. The molecular weight excluding hydrogens is 994 g/mol. The van der Waals surface area contributed by atoms with E-state index in [1.54, 1.807) is 45.0 Å². The molecule has 0 bridgehead atoms. The number of esters is 2. The Morgan fingerprint density at radius 2 is 1.11 bits per heavy atom. The van der Waals surface area contributed by atoms with Crippen molar-refractivity contribution in [2.75, 3.05) is 26.3 Å². The van der Waals surface area contributed by atoms with Crippen molar-refractivity contribution in [3.8, 4) is 11.8 Å². The number of carboxylic acid groups (broad SMARTS) is 3. The number of alkyl halides is 1. The number of hydrogen-bond acceptors (Lipinski definition) is 16. The van der Waals surface area contributed by atoms with Crippen LogP contribution in [0.15, 0.2) is 62.0 Å². The number of pyridine rings is 2. The number of carbonyl (C=O) groups is 8. The van der Waals surface area contributed by atoms with Crippen LogP contribution >= 0.6 is 23.2 Å². The lowest BCUT2D eigenvalue weighted by molar-refractivity contribution is -0.177. The maximum atomic E-state index is 13.7. The molecule has 4 rings (SSSR count). The lowest BCUT2D eigenvalue weighted by Crippen LogP contribution is -2.57. The summed E-state index contributed by atoms with van der Waals surface area (Å²) in [4.78, 5) is 105. The number of carbonyl (C=O) groups excluding carboxylic acids is 5. The standard InChI is InChI=1S/C24H34ClN3O6.C19H26ClN3O4.C4H3FO6/c1-8-11-32-21(30)17-12-16(33-18-10-9-15(25)13-26-18)14-28(17)20(29)19(23(2,3)4)27-22(31)34-24(5,6)7;1-5-8-26-18(25)14-9-13(27-15-7-6-12(20)10-22-15)11-23(14)17(24)16(21)19(2,3)4;5-4(1(6)7,2(8)9)3(10)11/h8-10,13,16-17,19H,1,11-12,14H2,2-7H3,(H,27,31);5-7,10,13-14,16H,1,8-9,11,21H2,2-4H3;(H,6,7)(H,8,9)(H,10,11)/t16-,17+,19-;13-,14+,16-;/m11./s1. The van der Waals surface area contributed by atoms with Crippen molar-refractivity contribution < 1.29 is 81.8 Å². The second-order valence-electron chi connectivity index (χ2n) is 19.3. The molecular formula is C47H63Cl2FN6O16. The first-order valence-electron chi connectivity index (χ1n) is 22.0. The molecule has 25 heteroatoms. The number of carboxylic acids is 3. The molecule has 398 valence electrons. The Labute approximate surface area is 425 Å². The summed E-state index contributed by atoms with van der Waals surface area (Å²) < 4.78 is 39.8. The van der Waals surface area contributed by atoms with Gasteiger partial charge < -0.3 is 59.9 Å². The zero-order chi connectivity index (χ0) is 55.1. The second kappa shape index (κ2) is 26.2. The van der Waals surface area contributed by atoms with Gasteiger partial charge in [0.2, 0.25) is 23.6 Å². The van der Waals surface area contributed by atoms with Gasteiger partial charge in [0.25, 0.3) is 0 Å². The van der Waals surface area contributed by atoms with E-state index in [1.807, 2.05) is 41.5 Å². The third-order valence-electron chi connectivity index (χ3n) is 10.2. The van der Waals surface area contributed by atoms with E-state index in [0.29, 0.717) is 28.2 Å². The van der Waals surface area contributed by atoms with Crippen molar-refractivity contribution in [3.63, 3.8) is 0 Å². The molecule has 0 saturated carbocycles. The number of nitrogens with one attached hydrogen (secondary N) is 1. The third-order valence-corrected chi connectivity index (χ3v) is 10.6. The van der Waals surface area contributed by atoms with Gasteiger partial charge in [0.15, 0.2) is 0 Å². The third kappa shape index (κ3) is 18.2. The highest BCUT2D eigenvalue weighted by Crippen LogP contribution is 2.30. The van der Waals surface area contributed by atoms with Crippen LogP contribution in [0, 0.1) is 10.8 Å². The summed E-state index contributed by atoms with van der Waals surface area (Å²) in [6.07, 6.45) is 4.71. The first-order chi connectivity index (χ1) is 33.2. The number of hydrogen-bond donors (Lipinski definition) is 5. The molecule has 6 N–H and O–H groups in total. The molecule has 2 saturated heterocycles. The Bertz CT molecular complexity index is 2230. The molecule has 0 spiro atoms. The van der Waals surface area contributed by atoms with Gasteiger partial charge in [-0.05, 0) is 43.7 Å². The Kier molecular flexibility index (Phi) is 22.4. The molecule has 2 aromatic rings. The molecule has 2 aliphatic rings. The molecule has 0 aliphatic carbocycles. The molecule has 0 unspecified atom stereocenters. The number of aliphatic carboxylic acids is 3. The van der Waals surface area contributed by atoms with Crippen LogP contribution in [0.25, 0.3) is 0 Å². The molecule has 6 atom stereocenters. The number of likely N-dealkylation sites (tertiary alicyclic amines) is 2. The summed E-state index contributed by atoms with van der Waals surface area (Å²) in [7, 11) is 0. The Morgan fingerprint density at radius 3 is 1.40 bits per heavy atom. The van der Waals surface area contributed by atoms with Gasteiger partial charge in [0, 0.05) is 37.4 Å². The number of alkyl carbamates (subject to hydrolysis) is 1. The number of rotatable bonds is 16. The van der Waals surface area contributed by atoms with Gasteiger partial charge >= 0.3 is 41.6 Å². The zero-order valence-corrected chi connectivity index (χ0v) is 42.9. The van der Waals surface area contributed by atoms with Crippen LogP contribution in [0.5, 0.6) is 11.8 Å². The van der Waals surface area contributed by atoms with Gasteiger partial charge in [-0.25, -0.2) is 43.1 Å². The quantitative estimate of drug-likeness (QED) is 0.0647. The predicted octanol–water partition coefficient (Wildman–Crippen LogP) is 4.89.